The largest absolute Gasteiger partial charge is 0.289 e. The SMILES string of the molecule is CCc1ccc2c(c1)C(=O)c1ccc(-c3nn[nH]n3)cc1S2(=O)=O. The van der Waals surface area contributed by atoms with Crippen LogP contribution in [0.25, 0.3) is 11.4 Å². The van der Waals surface area contributed by atoms with Gasteiger partial charge < -0.3 is 0 Å². The van der Waals surface area contributed by atoms with Crippen molar-refractivity contribution in [2.75, 3.05) is 0 Å². The van der Waals surface area contributed by atoms with Crippen LogP contribution in [0.3, 0.4) is 0 Å². The van der Waals surface area contributed by atoms with Gasteiger partial charge in [-0.3, -0.25) is 4.79 Å². The van der Waals surface area contributed by atoms with Gasteiger partial charge in [-0.25, -0.2) is 8.42 Å². The predicted molar refractivity (Wildman–Crippen MR) is 84.3 cm³/mol. The molecule has 7 nitrogen and oxygen atoms in total. The van der Waals surface area contributed by atoms with Crippen LogP contribution in [0.2, 0.25) is 0 Å². The second-order valence-electron chi connectivity index (χ2n) is 5.46. The molecule has 4 rings (SSSR count). The molecular formula is C16H12N4O3S. The minimum atomic E-state index is -3.78. The molecule has 3 aromatic rings. The van der Waals surface area contributed by atoms with Crippen LogP contribution in [0.1, 0.15) is 28.4 Å². The number of fused-ring (bicyclic) bond motifs is 2. The fourth-order valence-corrected chi connectivity index (χ4v) is 4.49. The Hall–Kier alpha value is -2.87. The molecule has 0 aliphatic carbocycles. The van der Waals surface area contributed by atoms with E-state index in [4.69, 9.17) is 0 Å². The van der Waals surface area contributed by atoms with E-state index in [-0.39, 0.29) is 32.5 Å². The number of nitrogens with one attached hydrogen (secondary N) is 1. The molecule has 120 valence electrons. The number of tetrazole rings is 1. The van der Waals surface area contributed by atoms with Crippen LogP contribution in [-0.4, -0.2) is 34.8 Å². The molecule has 0 atom stereocenters. The molecule has 0 saturated carbocycles. The number of hydrogen-bond acceptors (Lipinski definition) is 6. The zero-order chi connectivity index (χ0) is 16.9. The molecule has 1 aliphatic heterocycles. The summed E-state index contributed by atoms with van der Waals surface area (Å²) >= 11 is 0. The van der Waals surface area contributed by atoms with Gasteiger partial charge in [0, 0.05) is 16.7 Å². The molecule has 0 fully saturated rings. The van der Waals surface area contributed by atoms with E-state index < -0.39 is 9.84 Å². The maximum Gasteiger partial charge on any atom is 0.208 e. The lowest BCUT2D eigenvalue weighted by atomic mass is 9.98. The number of rotatable bonds is 2. The van der Waals surface area contributed by atoms with E-state index in [1.54, 1.807) is 18.2 Å². The van der Waals surface area contributed by atoms with Crippen molar-refractivity contribution in [1.29, 1.82) is 0 Å². The fourth-order valence-electron chi connectivity index (χ4n) is 2.83. The average molecular weight is 340 g/mol. The molecule has 1 aliphatic rings. The quantitative estimate of drug-likeness (QED) is 0.596. The number of H-pyrrole nitrogens is 1. The first-order chi connectivity index (χ1) is 11.5. The van der Waals surface area contributed by atoms with Gasteiger partial charge in [-0.1, -0.05) is 19.1 Å². The molecule has 2 aromatic carbocycles. The Morgan fingerprint density at radius 2 is 1.88 bits per heavy atom. The van der Waals surface area contributed by atoms with Crippen molar-refractivity contribution >= 4 is 15.6 Å². The van der Waals surface area contributed by atoms with Gasteiger partial charge in [0.25, 0.3) is 0 Å². The lowest BCUT2D eigenvalue weighted by Gasteiger charge is -2.19. The molecule has 0 spiro atoms. The average Bonchev–Trinajstić information content (AvgIpc) is 3.13. The van der Waals surface area contributed by atoms with E-state index in [1.165, 1.54) is 18.2 Å². The number of aryl methyl sites for hydroxylation is 1. The maximum atomic E-state index is 12.9. The Kier molecular flexibility index (Phi) is 3.10. The van der Waals surface area contributed by atoms with Crippen molar-refractivity contribution in [3.63, 3.8) is 0 Å². The highest BCUT2D eigenvalue weighted by Gasteiger charge is 2.35. The molecule has 0 radical (unpaired) electrons. The fraction of sp³-hybridized carbons (Fsp3) is 0.125. The molecule has 1 aromatic heterocycles. The first kappa shape index (κ1) is 14.7. The van der Waals surface area contributed by atoms with Crippen LogP contribution in [0.15, 0.2) is 46.2 Å². The van der Waals surface area contributed by atoms with E-state index >= 15 is 0 Å². The number of carbonyl (C=O) groups excluding carboxylic acids is 1. The summed E-state index contributed by atoms with van der Waals surface area (Å²) in [6.45, 7) is 1.95. The molecule has 0 saturated heterocycles. The molecule has 0 unspecified atom stereocenters. The van der Waals surface area contributed by atoms with Crippen LogP contribution >= 0.6 is 0 Å². The minimum absolute atomic E-state index is 0.0217. The molecule has 8 heteroatoms. The number of sulfone groups is 1. The van der Waals surface area contributed by atoms with E-state index in [0.29, 0.717) is 5.56 Å². The summed E-state index contributed by atoms with van der Waals surface area (Å²) < 4.78 is 25.9. The van der Waals surface area contributed by atoms with E-state index in [2.05, 4.69) is 20.6 Å². The molecule has 0 amide bonds. The van der Waals surface area contributed by atoms with Crippen molar-refractivity contribution in [3.8, 4) is 11.4 Å². The zero-order valence-electron chi connectivity index (χ0n) is 12.6. The van der Waals surface area contributed by atoms with Gasteiger partial charge in [-0.2, -0.15) is 5.21 Å². The smallest absolute Gasteiger partial charge is 0.208 e. The molecule has 2 heterocycles. The number of carbonyl (C=O) groups is 1. The third kappa shape index (κ3) is 2.00. The maximum absolute atomic E-state index is 12.9. The van der Waals surface area contributed by atoms with Gasteiger partial charge >= 0.3 is 0 Å². The van der Waals surface area contributed by atoms with Gasteiger partial charge in [0.15, 0.2) is 5.78 Å². The van der Waals surface area contributed by atoms with E-state index in [1.807, 2.05) is 6.92 Å². The Labute approximate surface area is 137 Å². The van der Waals surface area contributed by atoms with Crippen molar-refractivity contribution < 1.29 is 13.2 Å². The van der Waals surface area contributed by atoms with E-state index in [0.717, 1.165) is 12.0 Å². The summed E-state index contributed by atoms with van der Waals surface area (Å²) in [5.74, 6) is -0.0163. The number of aromatic amines is 1. The number of benzene rings is 2. The van der Waals surface area contributed by atoms with Crippen LogP contribution in [0.4, 0.5) is 0 Å². The van der Waals surface area contributed by atoms with Crippen LogP contribution in [0, 0.1) is 0 Å². The van der Waals surface area contributed by atoms with Crippen LogP contribution in [0.5, 0.6) is 0 Å². The standard InChI is InChI=1S/C16H12N4O3S/c1-2-9-3-6-13-12(7-9)15(21)11-5-4-10(16-17-19-20-18-16)8-14(11)24(13,22)23/h3-8H,2H2,1H3,(H,17,18,19,20). The van der Waals surface area contributed by atoms with Crippen molar-refractivity contribution in [2.24, 2.45) is 0 Å². The normalized spacial score (nSPS) is 15.0. The van der Waals surface area contributed by atoms with Gasteiger partial charge in [0.2, 0.25) is 15.7 Å². The monoisotopic (exact) mass is 340 g/mol. The highest BCUT2D eigenvalue weighted by Crippen LogP contribution is 2.36. The van der Waals surface area contributed by atoms with Gasteiger partial charge in [-0.15, -0.1) is 10.2 Å². The third-order valence-corrected chi connectivity index (χ3v) is 5.96. The Balaban J connectivity index is 1.97. The summed E-state index contributed by atoms with van der Waals surface area (Å²) in [6.07, 6.45) is 0.726. The van der Waals surface area contributed by atoms with Crippen LogP contribution < -0.4 is 0 Å². The summed E-state index contributed by atoms with van der Waals surface area (Å²) in [4.78, 5) is 12.8. The summed E-state index contributed by atoms with van der Waals surface area (Å²) in [5.41, 5.74) is 1.80. The van der Waals surface area contributed by atoms with Crippen molar-refractivity contribution in [1.82, 2.24) is 20.6 Å². The lowest BCUT2D eigenvalue weighted by Crippen LogP contribution is -2.20. The summed E-state index contributed by atoms with van der Waals surface area (Å²) in [6, 6.07) is 9.44. The molecule has 0 bridgehead atoms. The summed E-state index contributed by atoms with van der Waals surface area (Å²) in [7, 11) is -3.78. The second kappa shape index (κ2) is 5.07. The van der Waals surface area contributed by atoms with Gasteiger partial charge in [0.05, 0.1) is 9.79 Å². The molecule has 1 N–H and O–H groups in total. The minimum Gasteiger partial charge on any atom is -0.289 e. The predicted octanol–water partition coefficient (Wildman–Crippen LogP) is 1.81. The number of hydrogen-bond donors (Lipinski definition) is 1. The third-order valence-electron chi connectivity index (χ3n) is 4.11. The lowest BCUT2D eigenvalue weighted by molar-refractivity contribution is 0.103. The second-order valence-corrected chi connectivity index (χ2v) is 7.35. The molecular weight excluding hydrogens is 328 g/mol. The highest BCUT2D eigenvalue weighted by atomic mass is 32.2. The zero-order valence-corrected chi connectivity index (χ0v) is 13.5. The number of aromatic nitrogens is 4. The van der Waals surface area contributed by atoms with Gasteiger partial charge in [0.1, 0.15) is 0 Å². The van der Waals surface area contributed by atoms with Crippen molar-refractivity contribution in [3.05, 3.63) is 53.1 Å². The van der Waals surface area contributed by atoms with Crippen molar-refractivity contribution in [2.45, 2.75) is 23.1 Å². The Bertz CT molecular complexity index is 1070. The molecule has 24 heavy (non-hydrogen) atoms. The van der Waals surface area contributed by atoms with E-state index in [9.17, 15) is 13.2 Å². The Morgan fingerprint density at radius 1 is 1.04 bits per heavy atom. The first-order valence-electron chi connectivity index (χ1n) is 7.33. The topological polar surface area (TPSA) is 106 Å². The Morgan fingerprint density at radius 3 is 2.58 bits per heavy atom. The number of ketones is 1. The van der Waals surface area contributed by atoms with Crippen LogP contribution in [-0.2, 0) is 16.3 Å². The summed E-state index contributed by atoms with van der Waals surface area (Å²) in [5, 5.41) is 13.5. The van der Waals surface area contributed by atoms with Gasteiger partial charge in [-0.05, 0) is 41.5 Å². The highest BCUT2D eigenvalue weighted by molar-refractivity contribution is 7.91. The number of nitrogens with zero attached hydrogens (tertiary/aromatic N) is 3. The first-order valence-corrected chi connectivity index (χ1v) is 8.81.